The molecule has 1 fully saturated rings. The highest BCUT2D eigenvalue weighted by atomic mass is 16.5. The normalized spacial score (nSPS) is 20.3. The molecular weight excluding hydrogens is 328 g/mol. The first-order valence-electron chi connectivity index (χ1n) is 9.75. The van der Waals surface area contributed by atoms with Crippen molar-refractivity contribution in [2.24, 2.45) is 0 Å². The summed E-state index contributed by atoms with van der Waals surface area (Å²) >= 11 is 0. The van der Waals surface area contributed by atoms with Crippen LogP contribution in [0.3, 0.4) is 0 Å². The van der Waals surface area contributed by atoms with Crippen molar-refractivity contribution in [3.05, 3.63) is 34.9 Å². The molecule has 2 aromatic heterocycles. The van der Waals surface area contributed by atoms with Crippen molar-refractivity contribution in [3.63, 3.8) is 0 Å². The molecule has 7 heteroatoms. The lowest BCUT2D eigenvalue weighted by Gasteiger charge is -2.26. The number of rotatable bonds is 7. The van der Waals surface area contributed by atoms with E-state index in [4.69, 9.17) is 4.74 Å². The summed E-state index contributed by atoms with van der Waals surface area (Å²) in [5, 5.41) is 11.0. The number of nitrogens with one attached hydrogen (secondary N) is 2. The number of hydrogen-bond donors (Lipinski definition) is 2. The van der Waals surface area contributed by atoms with E-state index in [1.165, 1.54) is 17.0 Å². The summed E-state index contributed by atoms with van der Waals surface area (Å²) in [5.74, 6) is 0.685. The van der Waals surface area contributed by atoms with Gasteiger partial charge in [-0.3, -0.25) is 10.00 Å². The molecule has 2 aromatic rings. The molecule has 2 N–H and O–H groups in total. The van der Waals surface area contributed by atoms with Gasteiger partial charge in [-0.15, -0.1) is 0 Å². The highest BCUT2D eigenvalue weighted by Crippen LogP contribution is 2.22. The molecule has 1 saturated heterocycles. The van der Waals surface area contributed by atoms with E-state index in [1.54, 1.807) is 0 Å². The van der Waals surface area contributed by atoms with Gasteiger partial charge in [-0.2, -0.15) is 5.10 Å². The Balaban J connectivity index is 1.32. The number of aryl methyl sites for hydroxylation is 1. The van der Waals surface area contributed by atoms with Crippen LogP contribution in [-0.4, -0.2) is 50.9 Å². The average molecular weight is 356 g/mol. The van der Waals surface area contributed by atoms with Crippen molar-refractivity contribution in [1.82, 2.24) is 25.1 Å². The second kappa shape index (κ2) is 8.14. The zero-order chi connectivity index (χ0) is 17.8. The third-order valence-corrected chi connectivity index (χ3v) is 5.21. The molecule has 4 rings (SSSR count). The zero-order valence-corrected chi connectivity index (χ0v) is 15.5. The van der Waals surface area contributed by atoms with Gasteiger partial charge in [0, 0.05) is 68.4 Å². The molecule has 0 amide bonds. The summed E-state index contributed by atoms with van der Waals surface area (Å²) in [6, 6.07) is 0. The van der Waals surface area contributed by atoms with E-state index in [2.05, 4.69) is 37.3 Å². The summed E-state index contributed by atoms with van der Waals surface area (Å²) in [5.41, 5.74) is 5.09. The van der Waals surface area contributed by atoms with Crippen LogP contribution < -0.4 is 5.32 Å². The van der Waals surface area contributed by atoms with Crippen LogP contribution >= 0.6 is 0 Å². The van der Waals surface area contributed by atoms with Gasteiger partial charge < -0.3 is 10.1 Å². The first-order chi connectivity index (χ1) is 12.8. The molecule has 0 radical (unpaired) electrons. The third kappa shape index (κ3) is 4.04. The van der Waals surface area contributed by atoms with Crippen molar-refractivity contribution in [3.8, 4) is 0 Å². The maximum atomic E-state index is 5.62. The van der Waals surface area contributed by atoms with Crippen LogP contribution in [-0.2, 0) is 30.7 Å². The molecule has 0 saturated carbocycles. The predicted molar refractivity (Wildman–Crippen MR) is 99.9 cm³/mol. The van der Waals surface area contributed by atoms with E-state index in [1.807, 2.05) is 12.4 Å². The first kappa shape index (κ1) is 17.4. The van der Waals surface area contributed by atoms with Crippen LogP contribution in [0.15, 0.2) is 12.4 Å². The van der Waals surface area contributed by atoms with E-state index in [9.17, 15) is 0 Å². The van der Waals surface area contributed by atoms with Crippen LogP contribution in [0.25, 0.3) is 0 Å². The Morgan fingerprint density at radius 2 is 2.23 bits per heavy atom. The lowest BCUT2D eigenvalue weighted by atomic mass is 10.0. The summed E-state index contributed by atoms with van der Waals surface area (Å²) in [4.78, 5) is 11.4. The number of anilines is 1. The van der Waals surface area contributed by atoms with Crippen molar-refractivity contribution in [1.29, 1.82) is 0 Å². The van der Waals surface area contributed by atoms with Crippen LogP contribution in [0, 0.1) is 0 Å². The number of fused-ring (bicyclic) bond motifs is 1. The Bertz CT molecular complexity index is 707. The highest BCUT2D eigenvalue weighted by molar-refractivity contribution is 5.28. The van der Waals surface area contributed by atoms with Crippen LogP contribution in [0.4, 0.5) is 5.95 Å². The number of aromatic nitrogens is 4. The van der Waals surface area contributed by atoms with E-state index in [0.29, 0.717) is 12.1 Å². The maximum Gasteiger partial charge on any atom is 0.222 e. The molecular formula is C19H28N6O. The standard InChI is InChI=1S/C19H28N6O/c1-2-4-17-16-13-25(7-6-18(16)24-23-17)12-14-9-20-19(21-10-14)22-11-15-5-3-8-26-15/h9-10,15H,2-8,11-13H2,1H3,(H,23,24)(H,20,21,22)/t15-/m1/s1. The largest absolute Gasteiger partial charge is 0.376 e. The minimum atomic E-state index is 0.299. The zero-order valence-electron chi connectivity index (χ0n) is 15.5. The number of nitrogens with zero attached hydrogens (tertiary/aromatic N) is 4. The first-order valence-corrected chi connectivity index (χ1v) is 9.75. The van der Waals surface area contributed by atoms with Crippen LogP contribution in [0.2, 0.25) is 0 Å². The summed E-state index contributed by atoms with van der Waals surface area (Å²) in [6.07, 6.45) is 9.66. The van der Waals surface area contributed by atoms with Gasteiger partial charge in [0.25, 0.3) is 0 Å². The van der Waals surface area contributed by atoms with Crippen molar-refractivity contribution in [2.75, 3.05) is 25.0 Å². The van der Waals surface area contributed by atoms with E-state index in [0.717, 1.165) is 70.5 Å². The summed E-state index contributed by atoms with van der Waals surface area (Å²) in [7, 11) is 0. The number of aromatic amines is 1. The monoisotopic (exact) mass is 356 g/mol. The fourth-order valence-electron chi connectivity index (χ4n) is 3.79. The molecule has 0 aromatic carbocycles. The maximum absolute atomic E-state index is 5.62. The van der Waals surface area contributed by atoms with Gasteiger partial charge in [0.2, 0.25) is 5.95 Å². The molecule has 26 heavy (non-hydrogen) atoms. The van der Waals surface area contributed by atoms with Gasteiger partial charge in [0.15, 0.2) is 0 Å². The van der Waals surface area contributed by atoms with Gasteiger partial charge in [-0.25, -0.2) is 9.97 Å². The molecule has 7 nitrogen and oxygen atoms in total. The summed E-state index contributed by atoms with van der Waals surface area (Å²) < 4.78 is 5.62. The van der Waals surface area contributed by atoms with E-state index < -0.39 is 0 Å². The Labute approximate surface area is 154 Å². The molecule has 140 valence electrons. The van der Waals surface area contributed by atoms with Gasteiger partial charge in [-0.05, 0) is 19.3 Å². The quantitative estimate of drug-likeness (QED) is 0.792. The van der Waals surface area contributed by atoms with E-state index in [-0.39, 0.29) is 0 Å². The molecule has 0 spiro atoms. The molecule has 2 aliphatic rings. The predicted octanol–water partition coefficient (Wildman–Crippen LogP) is 2.30. The van der Waals surface area contributed by atoms with Gasteiger partial charge in [0.05, 0.1) is 11.8 Å². The van der Waals surface area contributed by atoms with Gasteiger partial charge in [0.1, 0.15) is 0 Å². The Morgan fingerprint density at radius 3 is 3.00 bits per heavy atom. The second-order valence-electron chi connectivity index (χ2n) is 7.27. The highest BCUT2D eigenvalue weighted by Gasteiger charge is 2.22. The average Bonchev–Trinajstić information content (AvgIpc) is 3.32. The topological polar surface area (TPSA) is 79.0 Å². The molecule has 1 atom stereocenters. The lowest BCUT2D eigenvalue weighted by Crippen LogP contribution is -2.30. The number of ether oxygens (including phenoxy) is 1. The minimum Gasteiger partial charge on any atom is -0.376 e. The molecule has 2 aliphatic heterocycles. The third-order valence-electron chi connectivity index (χ3n) is 5.21. The smallest absolute Gasteiger partial charge is 0.222 e. The van der Waals surface area contributed by atoms with Crippen molar-refractivity contribution in [2.45, 2.75) is 58.2 Å². The van der Waals surface area contributed by atoms with Gasteiger partial charge >= 0.3 is 0 Å². The Morgan fingerprint density at radius 1 is 1.35 bits per heavy atom. The van der Waals surface area contributed by atoms with Crippen LogP contribution in [0.5, 0.6) is 0 Å². The van der Waals surface area contributed by atoms with Gasteiger partial charge in [-0.1, -0.05) is 13.3 Å². The van der Waals surface area contributed by atoms with Crippen molar-refractivity contribution < 1.29 is 4.74 Å². The summed E-state index contributed by atoms with van der Waals surface area (Å²) in [6.45, 7) is 6.74. The number of hydrogen-bond acceptors (Lipinski definition) is 6. The SMILES string of the molecule is CCCc1n[nH]c2c1CN(Cc1cnc(NC[C@H]3CCCO3)nc1)CC2. The van der Waals surface area contributed by atoms with Crippen LogP contribution in [0.1, 0.15) is 48.7 Å². The fraction of sp³-hybridized carbons (Fsp3) is 0.632. The van der Waals surface area contributed by atoms with Crippen molar-refractivity contribution >= 4 is 5.95 Å². The molecule has 0 unspecified atom stereocenters. The molecule has 4 heterocycles. The van der Waals surface area contributed by atoms with E-state index >= 15 is 0 Å². The Kier molecular flexibility index (Phi) is 5.45. The molecule has 0 bridgehead atoms. The Hall–Kier alpha value is -1.99. The number of H-pyrrole nitrogens is 1. The minimum absolute atomic E-state index is 0.299. The molecule has 0 aliphatic carbocycles. The lowest BCUT2D eigenvalue weighted by molar-refractivity contribution is 0.120. The second-order valence-corrected chi connectivity index (χ2v) is 7.27. The fourth-order valence-corrected chi connectivity index (χ4v) is 3.79.